The number of rotatable bonds is 4. The van der Waals surface area contributed by atoms with Crippen molar-refractivity contribution in [2.45, 2.75) is 38.7 Å². The smallest absolute Gasteiger partial charge is 0.321 e. The van der Waals surface area contributed by atoms with Crippen LogP contribution in [0.5, 0.6) is 0 Å². The maximum atomic E-state index is 12.4. The summed E-state index contributed by atoms with van der Waals surface area (Å²) in [6, 6.07) is 7.45. The van der Waals surface area contributed by atoms with Crippen LogP contribution in [-0.2, 0) is 4.74 Å². The molecule has 0 aliphatic carbocycles. The number of nitrogens with zero attached hydrogens (tertiary/aromatic N) is 2. The predicted octanol–water partition coefficient (Wildman–Crippen LogP) is 4.11. The molecule has 1 atom stereocenters. The molecule has 6 heteroatoms. The summed E-state index contributed by atoms with van der Waals surface area (Å²) in [6.07, 6.45) is 3.86. The van der Waals surface area contributed by atoms with Crippen LogP contribution in [0.2, 0.25) is 0 Å². The standard InChI is InChI=1S/C19H25N3O3/c1-13(2)17-11-20-18(25-17)14-6-8-15(9-7-14)21-19(23)22-10-4-5-16(12-22)24-3/h6-9,11,13,16H,4-5,10,12H2,1-3H3,(H,21,23)/t16-/m0/s1. The summed E-state index contributed by atoms with van der Waals surface area (Å²) in [4.78, 5) is 18.5. The normalized spacial score (nSPS) is 17.8. The molecule has 25 heavy (non-hydrogen) atoms. The summed E-state index contributed by atoms with van der Waals surface area (Å²) in [5.41, 5.74) is 1.64. The number of piperidine rings is 1. The van der Waals surface area contributed by atoms with Crippen molar-refractivity contribution in [1.29, 1.82) is 0 Å². The van der Waals surface area contributed by atoms with Gasteiger partial charge in [0.25, 0.3) is 0 Å². The van der Waals surface area contributed by atoms with Gasteiger partial charge in [-0.2, -0.15) is 0 Å². The van der Waals surface area contributed by atoms with Crippen LogP contribution in [0.4, 0.5) is 10.5 Å². The number of urea groups is 1. The Morgan fingerprint density at radius 2 is 2.12 bits per heavy atom. The highest BCUT2D eigenvalue weighted by molar-refractivity contribution is 5.89. The van der Waals surface area contributed by atoms with Gasteiger partial charge >= 0.3 is 6.03 Å². The van der Waals surface area contributed by atoms with Gasteiger partial charge in [0.1, 0.15) is 5.76 Å². The van der Waals surface area contributed by atoms with E-state index in [1.807, 2.05) is 24.3 Å². The second-order valence-corrected chi connectivity index (χ2v) is 6.68. The molecular weight excluding hydrogens is 318 g/mol. The Morgan fingerprint density at radius 3 is 2.76 bits per heavy atom. The number of ether oxygens (including phenoxy) is 1. The van der Waals surface area contributed by atoms with E-state index in [4.69, 9.17) is 9.15 Å². The number of carbonyl (C=O) groups is 1. The Labute approximate surface area is 148 Å². The number of hydrogen-bond donors (Lipinski definition) is 1. The highest BCUT2D eigenvalue weighted by Gasteiger charge is 2.23. The molecule has 2 amide bonds. The zero-order valence-corrected chi connectivity index (χ0v) is 15.0. The summed E-state index contributed by atoms with van der Waals surface area (Å²) in [5, 5.41) is 2.94. The highest BCUT2D eigenvalue weighted by Crippen LogP contribution is 2.24. The lowest BCUT2D eigenvalue weighted by atomic mass is 10.1. The molecule has 1 aliphatic rings. The number of carbonyl (C=O) groups excluding carboxylic acids is 1. The summed E-state index contributed by atoms with van der Waals surface area (Å²) >= 11 is 0. The van der Waals surface area contributed by atoms with E-state index in [-0.39, 0.29) is 12.1 Å². The van der Waals surface area contributed by atoms with E-state index >= 15 is 0 Å². The minimum absolute atomic E-state index is 0.0901. The maximum Gasteiger partial charge on any atom is 0.321 e. The van der Waals surface area contributed by atoms with Crippen LogP contribution < -0.4 is 5.32 Å². The van der Waals surface area contributed by atoms with E-state index in [2.05, 4.69) is 24.1 Å². The molecule has 0 saturated carbocycles. The second-order valence-electron chi connectivity index (χ2n) is 6.68. The topological polar surface area (TPSA) is 67.6 Å². The number of likely N-dealkylation sites (tertiary alicyclic amines) is 1. The zero-order chi connectivity index (χ0) is 17.8. The summed E-state index contributed by atoms with van der Waals surface area (Å²) < 4.78 is 11.1. The van der Waals surface area contributed by atoms with Crippen molar-refractivity contribution in [3.05, 3.63) is 36.2 Å². The molecule has 1 aromatic heterocycles. The number of nitrogens with one attached hydrogen (secondary N) is 1. The van der Waals surface area contributed by atoms with E-state index in [0.29, 0.717) is 18.4 Å². The van der Waals surface area contributed by atoms with Crippen LogP contribution >= 0.6 is 0 Å². The fourth-order valence-electron chi connectivity index (χ4n) is 2.90. The Hall–Kier alpha value is -2.34. The van der Waals surface area contributed by atoms with Crippen molar-refractivity contribution >= 4 is 11.7 Å². The third-order valence-electron chi connectivity index (χ3n) is 4.47. The van der Waals surface area contributed by atoms with Gasteiger partial charge in [0.2, 0.25) is 5.89 Å². The maximum absolute atomic E-state index is 12.4. The highest BCUT2D eigenvalue weighted by atomic mass is 16.5. The molecule has 1 aliphatic heterocycles. The molecule has 1 saturated heterocycles. The number of hydrogen-bond acceptors (Lipinski definition) is 4. The van der Waals surface area contributed by atoms with E-state index in [9.17, 15) is 4.79 Å². The molecule has 134 valence electrons. The van der Waals surface area contributed by atoms with E-state index in [0.717, 1.165) is 36.4 Å². The minimum Gasteiger partial charge on any atom is -0.441 e. The van der Waals surface area contributed by atoms with Crippen LogP contribution in [0.15, 0.2) is 34.9 Å². The lowest BCUT2D eigenvalue weighted by Crippen LogP contribution is -2.44. The molecule has 0 spiro atoms. The summed E-state index contributed by atoms with van der Waals surface area (Å²) in [7, 11) is 1.69. The van der Waals surface area contributed by atoms with Gasteiger partial charge in [-0.1, -0.05) is 13.8 Å². The largest absolute Gasteiger partial charge is 0.441 e. The van der Waals surface area contributed by atoms with Crippen LogP contribution in [0.25, 0.3) is 11.5 Å². The minimum atomic E-state index is -0.0901. The fourth-order valence-corrected chi connectivity index (χ4v) is 2.90. The molecule has 0 radical (unpaired) electrons. The van der Waals surface area contributed by atoms with Gasteiger partial charge in [0.05, 0.1) is 12.3 Å². The molecule has 2 aromatic rings. The number of benzene rings is 1. The lowest BCUT2D eigenvalue weighted by Gasteiger charge is -2.31. The third-order valence-corrected chi connectivity index (χ3v) is 4.47. The SMILES string of the molecule is CO[C@H]1CCCN(C(=O)Nc2ccc(-c3ncc(C(C)C)o3)cc2)C1. The Kier molecular flexibility index (Phi) is 5.38. The van der Waals surface area contributed by atoms with Crippen LogP contribution in [-0.4, -0.2) is 42.2 Å². The summed E-state index contributed by atoms with van der Waals surface area (Å²) in [6.45, 7) is 5.53. The van der Waals surface area contributed by atoms with Gasteiger partial charge in [0.15, 0.2) is 0 Å². The molecule has 3 rings (SSSR count). The van der Waals surface area contributed by atoms with Crippen molar-refractivity contribution < 1.29 is 13.9 Å². The number of oxazole rings is 1. The second kappa shape index (κ2) is 7.70. The Morgan fingerprint density at radius 1 is 1.36 bits per heavy atom. The number of amides is 2. The first kappa shape index (κ1) is 17.5. The molecule has 6 nitrogen and oxygen atoms in total. The quantitative estimate of drug-likeness (QED) is 0.907. The van der Waals surface area contributed by atoms with Crippen LogP contribution in [0, 0.1) is 0 Å². The van der Waals surface area contributed by atoms with Crippen molar-refractivity contribution in [3.8, 4) is 11.5 Å². The first-order valence-corrected chi connectivity index (χ1v) is 8.71. The summed E-state index contributed by atoms with van der Waals surface area (Å²) in [5.74, 6) is 1.77. The number of anilines is 1. The van der Waals surface area contributed by atoms with Gasteiger partial charge in [-0.15, -0.1) is 0 Å². The van der Waals surface area contributed by atoms with Gasteiger partial charge in [-0.25, -0.2) is 9.78 Å². The Bertz CT molecular complexity index is 709. The number of methoxy groups -OCH3 is 1. The van der Waals surface area contributed by atoms with Crippen LogP contribution in [0.3, 0.4) is 0 Å². The van der Waals surface area contributed by atoms with Gasteiger partial charge in [-0.3, -0.25) is 0 Å². The predicted molar refractivity (Wildman–Crippen MR) is 96.7 cm³/mol. The molecule has 1 aromatic carbocycles. The van der Waals surface area contributed by atoms with E-state index < -0.39 is 0 Å². The van der Waals surface area contributed by atoms with E-state index in [1.54, 1.807) is 18.2 Å². The van der Waals surface area contributed by atoms with Crippen LogP contribution in [0.1, 0.15) is 38.4 Å². The van der Waals surface area contributed by atoms with Crippen molar-refractivity contribution in [2.75, 3.05) is 25.5 Å². The molecule has 0 unspecified atom stereocenters. The lowest BCUT2D eigenvalue weighted by molar-refractivity contribution is 0.0458. The first-order valence-electron chi connectivity index (χ1n) is 8.71. The molecule has 1 fully saturated rings. The molecule has 2 heterocycles. The zero-order valence-electron chi connectivity index (χ0n) is 15.0. The number of aromatic nitrogens is 1. The average molecular weight is 343 g/mol. The van der Waals surface area contributed by atoms with Crippen molar-refractivity contribution in [1.82, 2.24) is 9.88 Å². The van der Waals surface area contributed by atoms with E-state index in [1.165, 1.54) is 0 Å². The molecule has 0 bridgehead atoms. The van der Waals surface area contributed by atoms with Gasteiger partial charge in [-0.05, 0) is 37.1 Å². The first-order chi connectivity index (χ1) is 12.1. The Balaban J connectivity index is 1.63. The average Bonchev–Trinajstić information content (AvgIpc) is 3.13. The van der Waals surface area contributed by atoms with Crippen molar-refractivity contribution in [2.24, 2.45) is 0 Å². The molecular formula is C19H25N3O3. The van der Waals surface area contributed by atoms with Gasteiger partial charge in [0, 0.05) is 37.4 Å². The fraction of sp³-hybridized carbons (Fsp3) is 0.474. The third kappa shape index (κ3) is 4.20. The van der Waals surface area contributed by atoms with Gasteiger partial charge < -0.3 is 19.4 Å². The monoisotopic (exact) mass is 343 g/mol. The van der Waals surface area contributed by atoms with Crippen molar-refractivity contribution in [3.63, 3.8) is 0 Å². The molecule has 1 N–H and O–H groups in total.